The van der Waals surface area contributed by atoms with Gasteiger partial charge in [0.15, 0.2) is 5.82 Å². The van der Waals surface area contributed by atoms with E-state index in [0.29, 0.717) is 19.0 Å². The normalized spacial score (nSPS) is 24.3. The van der Waals surface area contributed by atoms with Crippen molar-refractivity contribution >= 4 is 0 Å². The van der Waals surface area contributed by atoms with Crippen LogP contribution in [-0.2, 0) is 16.8 Å². The maximum absolute atomic E-state index is 5.48. The van der Waals surface area contributed by atoms with Crippen LogP contribution in [0.3, 0.4) is 0 Å². The first-order chi connectivity index (χ1) is 8.80. The lowest BCUT2D eigenvalue weighted by Crippen LogP contribution is -2.43. The SMILES string of the molecule is CCCC1(c2nc(COCC)no2)CCCNC1. The predicted octanol–water partition coefficient (Wildman–Crippen LogP) is 2.03. The van der Waals surface area contributed by atoms with Gasteiger partial charge in [-0.25, -0.2) is 0 Å². The molecule has 1 aliphatic rings. The van der Waals surface area contributed by atoms with E-state index in [9.17, 15) is 0 Å². The Bertz CT molecular complexity index is 353. The molecule has 5 heteroatoms. The molecule has 1 aromatic rings. The van der Waals surface area contributed by atoms with Gasteiger partial charge in [-0.3, -0.25) is 0 Å². The Kier molecular flexibility index (Phi) is 4.72. The van der Waals surface area contributed by atoms with Gasteiger partial charge in [-0.1, -0.05) is 18.5 Å². The van der Waals surface area contributed by atoms with E-state index >= 15 is 0 Å². The maximum atomic E-state index is 5.48. The summed E-state index contributed by atoms with van der Waals surface area (Å²) in [6.07, 6.45) is 4.52. The molecule has 1 aromatic heterocycles. The van der Waals surface area contributed by atoms with Crippen molar-refractivity contribution in [3.63, 3.8) is 0 Å². The second kappa shape index (κ2) is 6.29. The average Bonchev–Trinajstić information content (AvgIpc) is 2.87. The molecule has 2 rings (SSSR count). The van der Waals surface area contributed by atoms with Crippen LogP contribution >= 0.6 is 0 Å². The van der Waals surface area contributed by atoms with Crippen LogP contribution in [0.1, 0.15) is 51.2 Å². The molecule has 0 saturated carbocycles. The number of hydrogen-bond acceptors (Lipinski definition) is 5. The minimum atomic E-state index is 0.0322. The largest absolute Gasteiger partial charge is 0.374 e. The quantitative estimate of drug-likeness (QED) is 0.840. The van der Waals surface area contributed by atoms with Crippen molar-refractivity contribution in [2.24, 2.45) is 0 Å². The topological polar surface area (TPSA) is 60.2 Å². The Morgan fingerprint density at radius 3 is 3.00 bits per heavy atom. The van der Waals surface area contributed by atoms with E-state index in [1.54, 1.807) is 0 Å². The summed E-state index contributed by atoms with van der Waals surface area (Å²) >= 11 is 0. The number of rotatable bonds is 6. The Labute approximate surface area is 108 Å². The zero-order valence-corrected chi connectivity index (χ0v) is 11.4. The van der Waals surface area contributed by atoms with Gasteiger partial charge in [-0.05, 0) is 32.7 Å². The first kappa shape index (κ1) is 13.5. The lowest BCUT2D eigenvalue weighted by Gasteiger charge is -2.34. The summed E-state index contributed by atoms with van der Waals surface area (Å²) < 4.78 is 10.8. The van der Waals surface area contributed by atoms with Crippen LogP contribution in [0.4, 0.5) is 0 Å². The van der Waals surface area contributed by atoms with Crippen molar-refractivity contribution in [1.29, 1.82) is 0 Å². The fourth-order valence-corrected chi connectivity index (χ4v) is 2.67. The average molecular weight is 253 g/mol. The molecular formula is C13H23N3O2. The molecular weight excluding hydrogens is 230 g/mol. The van der Waals surface area contributed by atoms with E-state index in [0.717, 1.165) is 38.2 Å². The summed E-state index contributed by atoms with van der Waals surface area (Å²) in [5.74, 6) is 1.44. The molecule has 1 unspecified atom stereocenters. The molecule has 1 atom stereocenters. The van der Waals surface area contributed by atoms with Crippen molar-refractivity contribution in [2.75, 3.05) is 19.7 Å². The van der Waals surface area contributed by atoms with Crippen LogP contribution in [0.5, 0.6) is 0 Å². The molecule has 0 aromatic carbocycles. The van der Waals surface area contributed by atoms with Crippen LogP contribution in [0, 0.1) is 0 Å². The van der Waals surface area contributed by atoms with Gasteiger partial charge in [0.05, 0.1) is 5.41 Å². The van der Waals surface area contributed by atoms with Gasteiger partial charge < -0.3 is 14.6 Å². The van der Waals surface area contributed by atoms with Gasteiger partial charge in [0.1, 0.15) is 6.61 Å². The Hall–Kier alpha value is -0.940. The predicted molar refractivity (Wildman–Crippen MR) is 68.3 cm³/mol. The molecule has 18 heavy (non-hydrogen) atoms. The Morgan fingerprint density at radius 1 is 1.44 bits per heavy atom. The van der Waals surface area contributed by atoms with E-state index in [4.69, 9.17) is 9.26 Å². The van der Waals surface area contributed by atoms with Crippen LogP contribution in [0.15, 0.2) is 4.52 Å². The summed E-state index contributed by atoms with van der Waals surface area (Å²) in [5.41, 5.74) is 0.0322. The molecule has 1 N–H and O–H groups in total. The Morgan fingerprint density at radius 2 is 2.33 bits per heavy atom. The van der Waals surface area contributed by atoms with Crippen LogP contribution in [0.2, 0.25) is 0 Å². The van der Waals surface area contributed by atoms with E-state index in [-0.39, 0.29) is 5.41 Å². The van der Waals surface area contributed by atoms with E-state index in [1.807, 2.05) is 6.92 Å². The number of ether oxygens (including phenoxy) is 1. The first-order valence-corrected chi connectivity index (χ1v) is 6.92. The molecule has 0 amide bonds. The van der Waals surface area contributed by atoms with E-state index in [2.05, 4.69) is 22.4 Å². The summed E-state index contributed by atoms with van der Waals surface area (Å²) in [7, 11) is 0. The number of piperidine rings is 1. The molecule has 5 nitrogen and oxygen atoms in total. The highest BCUT2D eigenvalue weighted by Crippen LogP contribution is 2.34. The van der Waals surface area contributed by atoms with E-state index in [1.165, 1.54) is 6.42 Å². The second-order valence-electron chi connectivity index (χ2n) is 4.96. The molecule has 0 aliphatic carbocycles. The third-order valence-corrected chi connectivity index (χ3v) is 3.56. The van der Waals surface area contributed by atoms with Gasteiger partial charge >= 0.3 is 0 Å². The fourth-order valence-electron chi connectivity index (χ4n) is 2.67. The molecule has 0 bridgehead atoms. The number of nitrogens with zero attached hydrogens (tertiary/aromatic N) is 2. The van der Waals surface area contributed by atoms with Gasteiger partial charge in [0, 0.05) is 13.2 Å². The smallest absolute Gasteiger partial charge is 0.234 e. The van der Waals surface area contributed by atoms with Crippen LogP contribution in [-0.4, -0.2) is 29.8 Å². The van der Waals surface area contributed by atoms with Crippen molar-refractivity contribution in [2.45, 2.75) is 51.6 Å². The van der Waals surface area contributed by atoms with Gasteiger partial charge in [-0.15, -0.1) is 0 Å². The number of aromatic nitrogens is 2. The highest BCUT2D eigenvalue weighted by Gasteiger charge is 2.38. The minimum absolute atomic E-state index is 0.0322. The summed E-state index contributed by atoms with van der Waals surface area (Å²) in [5, 5.41) is 7.47. The molecule has 0 radical (unpaired) electrons. The van der Waals surface area contributed by atoms with Gasteiger partial charge in [0.25, 0.3) is 0 Å². The molecule has 0 spiro atoms. The number of hydrogen-bond donors (Lipinski definition) is 1. The van der Waals surface area contributed by atoms with Gasteiger partial charge in [0.2, 0.25) is 5.89 Å². The van der Waals surface area contributed by atoms with E-state index < -0.39 is 0 Å². The molecule has 1 saturated heterocycles. The number of nitrogens with one attached hydrogen (secondary N) is 1. The van der Waals surface area contributed by atoms with Gasteiger partial charge in [-0.2, -0.15) is 4.98 Å². The van der Waals surface area contributed by atoms with Crippen molar-refractivity contribution in [3.05, 3.63) is 11.7 Å². The minimum Gasteiger partial charge on any atom is -0.374 e. The Balaban J connectivity index is 2.12. The first-order valence-electron chi connectivity index (χ1n) is 6.92. The molecule has 2 heterocycles. The van der Waals surface area contributed by atoms with Crippen LogP contribution in [0.25, 0.3) is 0 Å². The second-order valence-corrected chi connectivity index (χ2v) is 4.96. The zero-order valence-electron chi connectivity index (χ0n) is 11.4. The molecule has 1 aliphatic heterocycles. The summed E-state index contributed by atoms with van der Waals surface area (Å²) in [6, 6.07) is 0. The summed E-state index contributed by atoms with van der Waals surface area (Å²) in [6.45, 7) is 7.31. The van der Waals surface area contributed by atoms with Crippen molar-refractivity contribution < 1.29 is 9.26 Å². The zero-order chi connectivity index (χ0) is 12.8. The third kappa shape index (κ3) is 2.90. The molecule has 102 valence electrons. The standard InChI is InChI=1S/C13H23N3O2/c1-3-6-13(7-5-8-14-10-13)12-15-11(16-18-12)9-17-4-2/h14H,3-10H2,1-2H3. The highest BCUT2D eigenvalue weighted by molar-refractivity contribution is 5.08. The van der Waals surface area contributed by atoms with Crippen LogP contribution < -0.4 is 5.32 Å². The van der Waals surface area contributed by atoms with Crippen molar-refractivity contribution in [1.82, 2.24) is 15.5 Å². The maximum Gasteiger partial charge on any atom is 0.234 e. The highest BCUT2D eigenvalue weighted by atomic mass is 16.5. The summed E-state index contributed by atoms with van der Waals surface area (Å²) in [4.78, 5) is 4.52. The lowest BCUT2D eigenvalue weighted by molar-refractivity contribution is 0.126. The monoisotopic (exact) mass is 253 g/mol. The fraction of sp³-hybridized carbons (Fsp3) is 0.846. The third-order valence-electron chi connectivity index (χ3n) is 3.56. The van der Waals surface area contributed by atoms with Crippen molar-refractivity contribution in [3.8, 4) is 0 Å². The lowest BCUT2D eigenvalue weighted by atomic mass is 9.77. The molecule has 1 fully saturated rings.